The number of anilines is 1. The topological polar surface area (TPSA) is 43.8 Å². The van der Waals surface area contributed by atoms with Crippen molar-refractivity contribution < 1.29 is 4.39 Å². The van der Waals surface area contributed by atoms with Crippen LogP contribution in [0.15, 0.2) is 47.6 Å². The van der Waals surface area contributed by atoms with E-state index in [2.05, 4.69) is 27.3 Å². The predicted octanol–water partition coefficient (Wildman–Crippen LogP) is 3.42. The van der Waals surface area contributed by atoms with Crippen LogP contribution in [0.3, 0.4) is 0 Å². The summed E-state index contributed by atoms with van der Waals surface area (Å²) < 4.78 is 13.4. The molecular formula is C21H28FN5. The van der Waals surface area contributed by atoms with Crippen molar-refractivity contribution in [3.63, 3.8) is 0 Å². The lowest BCUT2D eigenvalue weighted by Gasteiger charge is -2.22. The average molecular weight is 369 g/mol. The summed E-state index contributed by atoms with van der Waals surface area (Å²) >= 11 is 0. The fraction of sp³-hybridized carbons (Fsp3) is 0.429. The minimum atomic E-state index is -0.216. The first-order valence-electron chi connectivity index (χ1n) is 9.59. The lowest BCUT2D eigenvalue weighted by atomic mass is 10.2. The van der Waals surface area contributed by atoms with Gasteiger partial charge in [-0.3, -0.25) is 0 Å². The highest BCUT2D eigenvalue weighted by Gasteiger charge is 2.13. The fourth-order valence-corrected chi connectivity index (χ4v) is 3.26. The lowest BCUT2D eigenvalue weighted by Crippen LogP contribution is -2.38. The number of hydrogen-bond donors (Lipinski definition) is 1. The van der Waals surface area contributed by atoms with E-state index in [1.165, 1.54) is 18.9 Å². The van der Waals surface area contributed by atoms with Crippen LogP contribution in [0, 0.1) is 5.82 Å². The molecule has 1 aliphatic heterocycles. The molecule has 2 heterocycles. The first-order valence-corrected chi connectivity index (χ1v) is 9.59. The molecule has 1 aromatic carbocycles. The Hall–Kier alpha value is -2.63. The Kier molecular flexibility index (Phi) is 6.63. The van der Waals surface area contributed by atoms with Gasteiger partial charge in [0.15, 0.2) is 5.96 Å². The maximum Gasteiger partial charge on any atom is 0.194 e. The van der Waals surface area contributed by atoms with Crippen molar-refractivity contribution in [3.05, 3.63) is 59.5 Å². The van der Waals surface area contributed by atoms with Gasteiger partial charge < -0.3 is 15.1 Å². The van der Waals surface area contributed by atoms with E-state index in [4.69, 9.17) is 4.99 Å². The highest BCUT2D eigenvalue weighted by atomic mass is 19.1. The molecule has 1 aromatic heterocycles. The van der Waals surface area contributed by atoms with Crippen molar-refractivity contribution in [1.29, 1.82) is 0 Å². The summed E-state index contributed by atoms with van der Waals surface area (Å²) in [7, 11) is 1.96. The molecule has 2 aromatic rings. The number of guanidine groups is 1. The Bertz CT molecular complexity index is 753. The third-order valence-electron chi connectivity index (χ3n) is 4.66. The molecule has 0 atom stereocenters. The number of aromatic nitrogens is 1. The summed E-state index contributed by atoms with van der Waals surface area (Å²) in [6.45, 7) is 6.16. The van der Waals surface area contributed by atoms with Crippen LogP contribution in [0.1, 0.15) is 30.9 Å². The first-order chi connectivity index (χ1) is 13.2. The van der Waals surface area contributed by atoms with Gasteiger partial charge in [0.1, 0.15) is 11.6 Å². The summed E-state index contributed by atoms with van der Waals surface area (Å²) in [4.78, 5) is 13.6. The predicted molar refractivity (Wildman–Crippen MR) is 108 cm³/mol. The number of rotatable bonds is 6. The molecule has 0 spiro atoms. The van der Waals surface area contributed by atoms with Crippen LogP contribution < -0.4 is 10.2 Å². The number of hydrogen-bond acceptors (Lipinski definition) is 3. The molecule has 0 radical (unpaired) electrons. The zero-order valence-electron chi connectivity index (χ0n) is 16.2. The van der Waals surface area contributed by atoms with E-state index in [-0.39, 0.29) is 5.82 Å². The summed E-state index contributed by atoms with van der Waals surface area (Å²) in [6.07, 6.45) is 4.40. The monoisotopic (exact) mass is 369 g/mol. The van der Waals surface area contributed by atoms with Crippen LogP contribution in [0.25, 0.3) is 0 Å². The van der Waals surface area contributed by atoms with E-state index in [9.17, 15) is 4.39 Å². The maximum absolute atomic E-state index is 13.4. The second-order valence-corrected chi connectivity index (χ2v) is 6.87. The third-order valence-corrected chi connectivity index (χ3v) is 4.66. The molecule has 27 heavy (non-hydrogen) atoms. The molecule has 1 fully saturated rings. The molecule has 1 aliphatic rings. The average Bonchev–Trinajstić information content (AvgIpc) is 3.20. The summed E-state index contributed by atoms with van der Waals surface area (Å²) in [6, 6.07) is 10.9. The molecule has 0 amide bonds. The molecule has 0 saturated carbocycles. The number of aliphatic imine (C=N–C) groups is 1. The molecule has 144 valence electrons. The van der Waals surface area contributed by atoms with Gasteiger partial charge in [0.2, 0.25) is 0 Å². The zero-order chi connectivity index (χ0) is 19.1. The summed E-state index contributed by atoms with van der Waals surface area (Å²) in [5.74, 6) is 1.63. The largest absolute Gasteiger partial charge is 0.357 e. The standard InChI is InChI=1S/C21H28FN5/c1-3-23-21(26(2)16-17-7-6-8-19(22)13-17)25-15-18-9-10-20(24-14-18)27-11-4-5-12-27/h6-10,13-14H,3-5,11-12,15-16H2,1-2H3,(H,23,25). The molecule has 0 unspecified atom stereocenters. The minimum absolute atomic E-state index is 0.216. The van der Waals surface area contributed by atoms with Crippen molar-refractivity contribution in [2.75, 3.05) is 31.6 Å². The van der Waals surface area contributed by atoms with Gasteiger partial charge >= 0.3 is 0 Å². The van der Waals surface area contributed by atoms with Crippen molar-refractivity contribution in [1.82, 2.24) is 15.2 Å². The van der Waals surface area contributed by atoms with Crippen molar-refractivity contribution in [2.45, 2.75) is 32.9 Å². The Morgan fingerprint density at radius 2 is 2.04 bits per heavy atom. The second kappa shape index (κ2) is 9.35. The highest BCUT2D eigenvalue weighted by Crippen LogP contribution is 2.17. The molecular weight excluding hydrogens is 341 g/mol. The van der Waals surface area contributed by atoms with Gasteiger partial charge in [-0.25, -0.2) is 14.4 Å². The summed E-state index contributed by atoms with van der Waals surface area (Å²) in [5, 5.41) is 3.30. The zero-order valence-corrected chi connectivity index (χ0v) is 16.2. The van der Waals surface area contributed by atoms with Crippen molar-refractivity contribution in [2.24, 2.45) is 4.99 Å². The number of pyridine rings is 1. The van der Waals surface area contributed by atoms with E-state index >= 15 is 0 Å². The molecule has 1 saturated heterocycles. The van der Waals surface area contributed by atoms with Gasteiger partial charge in [-0.2, -0.15) is 0 Å². The SMILES string of the molecule is CCNC(=NCc1ccc(N2CCCC2)nc1)N(C)Cc1cccc(F)c1. The Morgan fingerprint density at radius 3 is 2.70 bits per heavy atom. The summed E-state index contributed by atoms with van der Waals surface area (Å²) in [5.41, 5.74) is 1.99. The van der Waals surface area contributed by atoms with E-state index in [0.29, 0.717) is 13.1 Å². The van der Waals surface area contributed by atoms with Crippen LogP contribution in [-0.4, -0.2) is 42.5 Å². The van der Waals surface area contributed by atoms with Crippen LogP contribution in [0.2, 0.25) is 0 Å². The van der Waals surface area contributed by atoms with Crippen LogP contribution in [-0.2, 0) is 13.1 Å². The van der Waals surface area contributed by atoms with Crippen molar-refractivity contribution >= 4 is 11.8 Å². The van der Waals surface area contributed by atoms with Gasteiger partial charge in [0.25, 0.3) is 0 Å². The lowest BCUT2D eigenvalue weighted by molar-refractivity contribution is 0.474. The van der Waals surface area contributed by atoms with E-state index in [1.54, 1.807) is 12.1 Å². The van der Waals surface area contributed by atoms with Crippen LogP contribution >= 0.6 is 0 Å². The molecule has 6 heteroatoms. The smallest absolute Gasteiger partial charge is 0.194 e. The normalized spacial score (nSPS) is 14.5. The maximum atomic E-state index is 13.4. The van der Waals surface area contributed by atoms with Gasteiger partial charge in [0, 0.05) is 39.4 Å². The number of benzene rings is 1. The van der Waals surface area contributed by atoms with Gasteiger partial charge in [-0.15, -0.1) is 0 Å². The Labute approximate surface area is 160 Å². The fourth-order valence-electron chi connectivity index (χ4n) is 3.26. The van der Waals surface area contributed by atoms with E-state index < -0.39 is 0 Å². The van der Waals surface area contributed by atoms with E-state index in [0.717, 1.165) is 42.5 Å². The Balaban J connectivity index is 1.63. The van der Waals surface area contributed by atoms with Crippen LogP contribution in [0.5, 0.6) is 0 Å². The molecule has 0 aliphatic carbocycles. The van der Waals surface area contributed by atoms with Crippen molar-refractivity contribution in [3.8, 4) is 0 Å². The van der Waals surface area contributed by atoms with E-state index in [1.807, 2.05) is 31.1 Å². The van der Waals surface area contributed by atoms with Gasteiger partial charge in [0.05, 0.1) is 6.54 Å². The number of halogens is 1. The number of nitrogens with one attached hydrogen (secondary N) is 1. The minimum Gasteiger partial charge on any atom is -0.357 e. The quantitative estimate of drug-likeness (QED) is 0.626. The first kappa shape index (κ1) is 19.1. The van der Waals surface area contributed by atoms with Gasteiger partial charge in [-0.1, -0.05) is 18.2 Å². The molecule has 5 nitrogen and oxygen atoms in total. The molecule has 3 rings (SSSR count). The highest BCUT2D eigenvalue weighted by molar-refractivity contribution is 5.79. The second-order valence-electron chi connectivity index (χ2n) is 6.87. The molecule has 1 N–H and O–H groups in total. The molecule has 0 bridgehead atoms. The van der Waals surface area contributed by atoms with Gasteiger partial charge in [-0.05, 0) is 49.1 Å². The number of nitrogens with zero attached hydrogens (tertiary/aromatic N) is 4. The Morgan fingerprint density at radius 1 is 1.22 bits per heavy atom. The van der Waals surface area contributed by atoms with Crippen LogP contribution in [0.4, 0.5) is 10.2 Å². The third kappa shape index (κ3) is 5.42.